The standard InChI is InChI=1S/C32H36N2O4/c1-19(2)37-28-13-9-6-10-23(28)32-31-26(33-24-11-7-8-12-25(24)34-32)16-22(17-27(31)35)21-14-15-29(38-20(3)4)30(18-21)36-5/h6-15,18-20,22,32-34H,16-17H2,1-5H3. The van der Waals surface area contributed by atoms with Gasteiger partial charge in [0.05, 0.1) is 36.7 Å². The van der Waals surface area contributed by atoms with Gasteiger partial charge in [-0.3, -0.25) is 4.79 Å². The second-order valence-corrected chi connectivity index (χ2v) is 10.4. The Morgan fingerprint density at radius 3 is 2.21 bits per heavy atom. The summed E-state index contributed by atoms with van der Waals surface area (Å²) in [4.78, 5) is 14.0. The summed E-state index contributed by atoms with van der Waals surface area (Å²) in [5.74, 6) is 2.31. The molecule has 2 atom stereocenters. The number of hydrogen-bond acceptors (Lipinski definition) is 6. The third-order valence-corrected chi connectivity index (χ3v) is 6.92. The average molecular weight is 513 g/mol. The number of fused-ring (bicyclic) bond motifs is 1. The minimum absolute atomic E-state index is 0.0174. The third-order valence-electron chi connectivity index (χ3n) is 6.92. The Morgan fingerprint density at radius 1 is 0.789 bits per heavy atom. The fraction of sp³-hybridized carbons (Fsp3) is 0.344. The zero-order valence-corrected chi connectivity index (χ0v) is 22.7. The van der Waals surface area contributed by atoms with Crippen LogP contribution in [0.5, 0.6) is 17.2 Å². The van der Waals surface area contributed by atoms with Gasteiger partial charge in [0, 0.05) is 23.3 Å². The zero-order chi connectivity index (χ0) is 26.8. The van der Waals surface area contributed by atoms with Gasteiger partial charge in [-0.05, 0) is 75.9 Å². The number of allylic oxidation sites excluding steroid dienone is 1. The van der Waals surface area contributed by atoms with Gasteiger partial charge in [0.1, 0.15) is 5.75 Å². The summed E-state index contributed by atoms with van der Waals surface area (Å²) >= 11 is 0. The Bertz CT molecular complexity index is 1360. The number of ether oxygens (including phenoxy) is 3. The molecule has 6 nitrogen and oxygen atoms in total. The van der Waals surface area contributed by atoms with Crippen LogP contribution >= 0.6 is 0 Å². The lowest BCUT2D eigenvalue weighted by atomic mass is 9.78. The molecule has 0 radical (unpaired) electrons. The van der Waals surface area contributed by atoms with Crippen LogP contribution in [0.25, 0.3) is 0 Å². The number of anilines is 2. The lowest BCUT2D eigenvalue weighted by Crippen LogP contribution is -2.27. The normalized spacial score (nSPS) is 18.8. The molecule has 3 aromatic rings. The molecule has 1 aliphatic heterocycles. The average Bonchev–Trinajstić information content (AvgIpc) is 3.05. The molecule has 0 amide bonds. The Morgan fingerprint density at radius 2 is 1.47 bits per heavy atom. The Hall–Kier alpha value is -3.93. The predicted molar refractivity (Wildman–Crippen MR) is 151 cm³/mol. The SMILES string of the molecule is COc1cc(C2CC(=O)C3=C(C2)Nc2ccccc2NC3c2ccccc2OC(C)C)ccc1OC(C)C. The topological polar surface area (TPSA) is 68.8 Å². The second kappa shape index (κ2) is 10.8. The molecule has 5 rings (SSSR count). The van der Waals surface area contributed by atoms with E-state index in [0.717, 1.165) is 39.5 Å². The Labute approximate surface area is 225 Å². The third kappa shape index (κ3) is 5.21. The van der Waals surface area contributed by atoms with E-state index in [2.05, 4.69) is 16.7 Å². The summed E-state index contributed by atoms with van der Waals surface area (Å²) in [7, 11) is 1.65. The van der Waals surface area contributed by atoms with Crippen molar-refractivity contribution in [2.24, 2.45) is 0 Å². The van der Waals surface area contributed by atoms with E-state index in [1.54, 1.807) is 7.11 Å². The van der Waals surface area contributed by atoms with Gasteiger partial charge in [-0.25, -0.2) is 0 Å². The van der Waals surface area contributed by atoms with Crippen LogP contribution in [0.3, 0.4) is 0 Å². The minimum atomic E-state index is -0.332. The number of rotatable bonds is 7. The summed E-state index contributed by atoms with van der Waals surface area (Å²) in [6, 6.07) is 21.8. The van der Waals surface area contributed by atoms with Crippen LogP contribution in [0, 0.1) is 0 Å². The van der Waals surface area contributed by atoms with Crippen molar-refractivity contribution in [2.75, 3.05) is 17.7 Å². The largest absolute Gasteiger partial charge is 0.493 e. The van der Waals surface area contributed by atoms with Gasteiger partial charge in [-0.1, -0.05) is 36.4 Å². The molecule has 2 unspecified atom stereocenters. The fourth-order valence-corrected chi connectivity index (χ4v) is 5.33. The number of benzene rings is 3. The van der Waals surface area contributed by atoms with Crippen molar-refractivity contribution in [1.82, 2.24) is 0 Å². The number of methoxy groups -OCH3 is 1. The lowest BCUT2D eigenvalue weighted by molar-refractivity contribution is -0.116. The first-order valence-electron chi connectivity index (χ1n) is 13.3. The Kier molecular flexibility index (Phi) is 7.32. The van der Waals surface area contributed by atoms with E-state index in [0.29, 0.717) is 24.3 Å². The van der Waals surface area contributed by atoms with E-state index in [1.807, 2.05) is 88.4 Å². The van der Waals surface area contributed by atoms with Gasteiger partial charge >= 0.3 is 0 Å². The molecule has 3 aromatic carbocycles. The van der Waals surface area contributed by atoms with Crippen LogP contribution in [0.2, 0.25) is 0 Å². The first-order valence-corrected chi connectivity index (χ1v) is 13.3. The van der Waals surface area contributed by atoms with Crippen molar-refractivity contribution in [3.63, 3.8) is 0 Å². The zero-order valence-electron chi connectivity index (χ0n) is 22.7. The number of hydrogen-bond donors (Lipinski definition) is 2. The predicted octanol–water partition coefficient (Wildman–Crippen LogP) is 7.25. The van der Waals surface area contributed by atoms with Crippen LogP contribution in [-0.2, 0) is 4.79 Å². The summed E-state index contributed by atoms with van der Waals surface area (Å²) in [6.07, 6.45) is 1.18. The van der Waals surface area contributed by atoms with Crippen molar-refractivity contribution in [2.45, 2.75) is 64.7 Å². The molecule has 6 heteroatoms. The van der Waals surface area contributed by atoms with Crippen molar-refractivity contribution in [3.8, 4) is 17.2 Å². The van der Waals surface area contributed by atoms with Gasteiger partial charge in [0.25, 0.3) is 0 Å². The van der Waals surface area contributed by atoms with Gasteiger partial charge in [0.15, 0.2) is 17.3 Å². The highest BCUT2D eigenvalue weighted by molar-refractivity contribution is 6.01. The summed E-state index contributed by atoms with van der Waals surface area (Å²) in [5.41, 5.74) is 5.63. The molecule has 198 valence electrons. The molecular formula is C32H36N2O4. The maximum atomic E-state index is 14.0. The molecule has 0 saturated heterocycles. The maximum Gasteiger partial charge on any atom is 0.163 e. The van der Waals surface area contributed by atoms with E-state index in [4.69, 9.17) is 14.2 Å². The molecule has 0 bridgehead atoms. The molecule has 38 heavy (non-hydrogen) atoms. The van der Waals surface area contributed by atoms with Crippen molar-refractivity contribution in [3.05, 3.63) is 89.1 Å². The highest BCUT2D eigenvalue weighted by Crippen LogP contribution is 2.46. The number of Topliss-reactive ketones (excluding diaryl/α,β-unsaturated/α-hetero) is 1. The van der Waals surface area contributed by atoms with E-state index < -0.39 is 0 Å². The van der Waals surface area contributed by atoms with E-state index in [9.17, 15) is 4.79 Å². The van der Waals surface area contributed by atoms with E-state index in [-0.39, 0.29) is 30.0 Å². The van der Waals surface area contributed by atoms with Crippen molar-refractivity contribution in [1.29, 1.82) is 0 Å². The summed E-state index contributed by atoms with van der Waals surface area (Å²) in [6.45, 7) is 8.01. The van der Waals surface area contributed by atoms with Gasteiger partial charge in [-0.2, -0.15) is 0 Å². The first-order chi connectivity index (χ1) is 18.3. The molecule has 0 aromatic heterocycles. The van der Waals surface area contributed by atoms with E-state index in [1.165, 1.54) is 0 Å². The van der Waals surface area contributed by atoms with Gasteiger partial charge < -0.3 is 24.8 Å². The van der Waals surface area contributed by atoms with Crippen LogP contribution in [0.15, 0.2) is 78.0 Å². The molecule has 1 heterocycles. The minimum Gasteiger partial charge on any atom is -0.493 e. The van der Waals surface area contributed by atoms with Gasteiger partial charge in [0.2, 0.25) is 0 Å². The smallest absolute Gasteiger partial charge is 0.163 e. The number of ketones is 1. The highest BCUT2D eigenvalue weighted by atomic mass is 16.5. The summed E-state index contributed by atoms with van der Waals surface area (Å²) in [5, 5.41) is 7.28. The Balaban J connectivity index is 1.57. The number of carbonyl (C=O) groups excluding carboxylic acids is 1. The van der Waals surface area contributed by atoms with Crippen molar-refractivity contribution >= 4 is 17.2 Å². The molecule has 2 aliphatic rings. The quantitative estimate of drug-likeness (QED) is 0.348. The van der Waals surface area contributed by atoms with Crippen LogP contribution in [-0.4, -0.2) is 25.1 Å². The number of carbonyl (C=O) groups is 1. The van der Waals surface area contributed by atoms with Crippen molar-refractivity contribution < 1.29 is 19.0 Å². The number of nitrogens with one attached hydrogen (secondary N) is 2. The van der Waals surface area contributed by atoms with Crippen LogP contribution < -0.4 is 24.8 Å². The lowest BCUT2D eigenvalue weighted by Gasteiger charge is -2.31. The molecule has 0 spiro atoms. The molecule has 2 N–H and O–H groups in total. The molecule has 0 fully saturated rings. The highest BCUT2D eigenvalue weighted by Gasteiger charge is 2.37. The molecule has 0 saturated carbocycles. The summed E-state index contributed by atoms with van der Waals surface area (Å²) < 4.78 is 17.7. The van der Waals surface area contributed by atoms with E-state index >= 15 is 0 Å². The fourth-order valence-electron chi connectivity index (χ4n) is 5.33. The van der Waals surface area contributed by atoms with Gasteiger partial charge in [-0.15, -0.1) is 0 Å². The maximum absolute atomic E-state index is 14.0. The number of para-hydroxylation sites is 3. The first kappa shape index (κ1) is 25.7. The monoisotopic (exact) mass is 512 g/mol. The molecule has 1 aliphatic carbocycles. The second-order valence-electron chi connectivity index (χ2n) is 10.4. The molecular weight excluding hydrogens is 476 g/mol. The van der Waals surface area contributed by atoms with Crippen LogP contribution in [0.1, 0.15) is 63.6 Å². The van der Waals surface area contributed by atoms with Crippen LogP contribution in [0.4, 0.5) is 11.4 Å².